The van der Waals surface area contributed by atoms with Gasteiger partial charge >= 0.3 is 5.97 Å². The minimum absolute atomic E-state index is 0.0985. The topological polar surface area (TPSA) is 101 Å². The Balaban J connectivity index is 1.78. The van der Waals surface area contributed by atoms with Gasteiger partial charge in [-0.15, -0.1) is 6.42 Å². The summed E-state index contributed by atoms with van der Waals surface area (Å²) in [6.45, 7) is 4.29. The molecule has 180 valence electrons. The van der Waals surface area contributed by atoms with E-state index < -0.39 is 23.3 Å². The van der Waals surface area contributed by atoms with E-state index in [0.29, 0.717) is 28.3 Å². The third kappa shape index (κ3) is 5.15. The second-order valence-electron chi connectivity index (χ2n) is 8.30. The van der Waals surface area contributed by atoms with Gasteiger partial charge in [0.2, 0.25) is 5.82 Å². The number of carboxylic acids is 1. The fourth-order valence-electron chi connectivity index (χ4n) is 3.62. The van der Waals surface area contributed by atoms with Crippen LogP contribution in [0, 0.1) is 18.2 Å². The Morgan fingerprint density at radius 1 is 1.08 bits per heavy atom. The Hall–Kier alpha value is -4.77. The summed E-state index contributed by atoms with van der Waals surface area (Å²) < 4.78 is 19.3. The molecule has 0 radical (unpaired) electrons. The van der Waals surface area contributed by atoms with Crippen molar-refractivity contribution in [1.29, 1.82) is 0 Å². The van der Waals surface area contributed by atoms with Gasteiger partial charge in [-0.3, -0.25) is 4.79 Å². The molecule has 2 N–H and O–H groups in total. The molecule has 0 atom stereocenters. The first-order valence-electron chi connectivity index (χ1n) is 11.1. The lowest BCUT2D eigenvalue weighted by Gasteiger charge is -2.12. The van der Waals surface area contributed by atoms with Crippen molar-refractivity contribution in [2.24, 2.45) is 0 Å². The zero-order chi connectivity index (χ0) is 25.8. The molecule has 0 fully saturated rings. The van der Waals surface area contributed by atoms with Crippen LogP contribution < -0.4 is 10.1 Å². The maximum absolute atomic E-state index is 13.7. The number of benzene rings is 3. The summed E-state index contributed by atoms with van der Waals surface area (Å²) in [6, 6.07) is 16.3. The zero-order valence-electron chi connectivity index (χ0n) is 19.6. The monoisotopic (exact) mass is 483 g/mol. The Kier molecular flexibility index (Phi) is 6.93. The van der Waals surface area contributed by atoms with E-state index in [1.54, 1.807) is 18.2 Å². The van der Waals surface area contributed by atoms with Crippen LogP contribution in [-0.2, 0) is 0 Å². The number of aromatic carboxylic acids is 1. The number of hydrogen-bond acceptors (Lipinski definition) is 5. The number of terminal acetylenes is 1. The van der Waals surface area contributed by atoms with Gasteiger partial charge in [0.05, 0.1) is 16.8 Å². The Morgan fingerprint density at radius 3 is 2.50 bits per heavy atom. The van der Waals surface area contributed by atoms with Crippen molar-refractivity contribution in [1.82, 2.24) is 9.97 Å². The second kappa shape index (κ2) is 10.2. The molecule has 0 aliphatic carbocycles. The first-order valence-corrected chi connectivity index (χ1v) is 11.1. The van der Waals surface area contributed by atoms with Crippen molar-refractivity contribution in [2.75, 3.05) is 11.9 Å². The van der Waals surface area contributed by atoms with E-state index in [1.165, 1.54) is 6.07 Å². The van der Waals surface area contributed by atoms with Crippen LogP contribution in [0.5, 0.6) is 5.75 Å². The number of halogens is 1. The zero-order valence-corrected chi connectivity index (χ0v) is 19.6. The van der Waals surface area contributed by atoms with Crippen LogP contribution in [-0.4, -0.2) is 33.6 Å². The number of anilines is 1. The van der Waals surface area contributed by atoms with Crippen molar-refractivity contribution in [2.45, 2.75) is 19.8 Å². The predicted octanol–water partition coefficient (Wildman–Crippen LogP) is 5.52. The van der Waals surface area contributed by atoms with Gasteiger partial charge in [-0.1, -0.05) is 44.0 Å². The lowest BCUT2D eigenvalue weighted by atomic mass is 9.99. The molecule has 4 aromatic rings. The first-order chi connectivity index (χ1) is 17.3. The number of fused-ring (bicyclic) bond motifs is 1. The Bertz CT molecular complexity index is 1510. The molecule has 8 heteroatoms. The number of carboxylic acid groups (broad SMARTS) is 1. The molecule has 0 bridgehead atoms. The molecule has 0 aliphatic heterocycles. The largest absolute Gasteiger partial charge is 0.481 e. The van der Waals surface area contributed by atoms with Gasteiger partial charge in [0.15, 0.2) is 0 Å². The molecule has 36 heavy (non-hydrogen) atoms. The summed E-state index contributed by atoms with van der Waals surface area (Å²) in [7, 11) is 0. The predicted molar refractivity (Wildman–Crippen MR) is 135 cm³/mol. The summed E-state index contributed by atoms with van der Waals surface area (Å²) in [6.07, 6.45) is 5.30. The smallest absolute Gasteiger partial charge is 0.338 e. The third-order valence-electron chi connectivity index (χ3n) is 5.50. The van der Waals surface area contributed by atoms with Gasteiger partial charge in [-0.05, 0) is 47.9 Å². The Morgan fingerprint density at radius 2 is 1.83 bits per heavy atom. The molecule has 1 heterocycles. The number of hydrogen-bond donors (Lipinski definition) is 2. The van der Waals surface area contributed by atoms with E-state index in [1.807, 2.05) is 24.3 Å². The highest BCUT2D eigenvalue weighted by Crippen LogP contribution is 2.30. The van der Waals surface area contributed by atoms with E-state index in [9.17, 15) is 14.0 Å². The van der Waals surface area contributed by atoms with Crippen LogP contribution in [0.1, 0.15) is 46.3 Å². The highest BCUT2D eigenvalue weighted by Gasteiger charge is 2.18. The van der Waals surface area contributed by atoms with Crippen LogP contribution in [0.2, 0.25) is 0 Å². The number of nitrogens with one attached hydrogen (secondary N) is 1. The molecule has 0 saturated heterocycles. The molecule has 4 rings (SSSR count). The summed E-state index contributed by atoms with van der Waals surface area (Å²) in [5.74, 6) is 0.145. The molecule has 7 nitrogen and oxygen atoms in total. The molecular formula is C28H22FN3O4. The number of nitrogens with zero attached hydrogens (tertiary/aromatic N) is 2. The van der Waals surface area contributed by atoms with Gasteiger partial charge in [0.25, 0.3) is 5.91 Å². The van der Waals surface area contributed by atoms with Gasteiger partial charge in [-0.25, -0.2) is 19.2 Å². The fourth-order valence-corrected chi connectivity index (χ4v) is 3.62. The third-order valence-corrected chi connectivity index (χ3v) is 5.50. The van der Waals surface area contributed by atoms with Gasteiger partial charge in [0, 0.05) is 16.6 Å². The number of ether oxygens (including phenoxy) is 1. The average Bonchev–Trinajstić information content (AvgIpc) is 2.87. The van der Waals surface area contributed by atoms with Crippen LogP contribution in [0.25, 0.3) is 22.2 Å². The maximum Gasteiger partial charge on any atom is 0.338 e. The average molecular weight is 483 g/mol. The lowest BCUT2D eigenvalue weighted by molar-refractivity contribution is 0.0691. The lowest BCUT2D eigenvalue weighted by Crippen LogP contribution is -2.17. The highest BCUT2D eigenvalue weighted by molar-refractivity contribution is 6.05. The molecule has 0 spiro atoms. The van der Waals surface area contributed by atoms with E-state index in [4.69, 9.17) is 16.3 Å². The first kappa shape index (κ1) is 24.4. The van der Waals surface area contributed by atoms with Gasteiger partial charge < -0.3 is 15.2 Å². The molecule has 0 saturated carbocycles. The number of aromatic nitrogens is 2. The SMILES string of the molecule is C#CCOc1ccc2nc(C(=O)Nc3ccc(F)c(C(=O)O)c3)nc(-c3ccc(C(C)C)cc3)c2c1. The normalized spacial score (nSPS) is 10.8. The van der Waals surface area contributed by atoms with Crippen LogP contribution in [0.4, 0.5) is 10.1 Å². The molecule has 3 aromatic carbocycles. The summed E-state index contributed by atoms with van der Waals surface area (Å²) in [5, 5.41) is 12.4. The number of carbonyl (C=O) groups is 2. The fraction of sp³-hybridized carbons (Fsp3) is 0.143. The summed E-state index contributed by atoms with van der Waals surface area (Å²) >= 11 is 0. The van der Waals surface area contributed by atoms with Crippen LogP contribution in [0.3, 0.4) is 0 Å². The van der Waals surface area contributed by atoms with E-state index in [0.717, 1.165) is 23.3 Å². The van der Waals surface area contributed by atoms with Crippen molar-refractivity contribution < 1.29 is 23.8 Å². The molecule has 1 aromatic heterocycles. The summed E-state index contributed by atoms with van der Waals surface area (Å²) in [5.41, 5.74) is 2.47. The number of carbonyl (C=O) groups excluding carboxylic acids is 1. The standard InChI is InChI=1S/C28H22FN3O4/c1-4-13-36-20-10-12-24-22(15-20)25(18-7-5-17(6-8-18)16(2)3)32-26(31-24)27(33)30-19-9-11-23(29)21(14-19)28(34)35/h1,5-12,14-16H,13H2,2-3H3,(H,30,33)(H,34,35). The van der Waals surface area contributed by atoms with E-state index >= 15 is 0 Å². The molecule has 0 aliphatic rings. The highest BCUT2D eigenvalue weighted by atomic mass is 19.1. The second-order valence-corrected chi connectivity index (χ2v) is 8.30. The molecule has 0 unspecified atom stereocenters. The molecular weight excluding hydrogens is 461 g/mol. The van der Waals surface area contributed by atoms with Crippen molar-refractivity contribution in [3.8, 4) is 29.4 Å². The maximum atomic E-state index is 13.7. The minimum atomic E-state index is -1.44. The van der Waals surface area contributed by atoms with Crippen molar-refractivity contribution >= 4 is 28.5 Å². The van der Waals surface area contributed by atoms with E-state index in [2.05, 4.69) is 35.1 Å². The van der Waals surface area contributed by atoms with E-state index in [-0.39, 0.29) is 18.1 Å². The number of rotatable bonds is 7. The molecule has 1 amide bonds. The number of amides is 1. The Labute approximate surface area is 207 Å². The van der Waals surface area contributed by atoms with Crippen molar-refractivity contribution in [3.05, 3.63) is 83.4 Å². The van der Waals surface area contributed by atoms with Gasteiger partial charge in [-0.2, -0.15) is 0 Å². The summed E-state index contributed by atoms with van der Waals surface area (Å²) in [4.78, 5) is 33.2. The minimum Gasteiger partial charge on any atom is -0.481 e. The quantitative estimate of drug-likeness (QED) is 0.336. The van der Waals surface area contributed by atoms with Gasteiger partial charge in [0.1, 0.15) is 18.2 Å². The van der Waals surface area contributed by atoms with Crippen LogP contribution >= 0.6 is 0 Å². The van der Waals surface area contributed by atoms with Crippen molar-refractivity contribution in [3.63, 3.8) is 0 Å². The van der Waals surface area contributed by atoms with Crippen LogP contribution in [0.15, 0.2) is 60.7 Å².